The lowest BCUT2D eigenvalue weighted by atomic mass is 10.0. The molecular formula is C22H21F2N7O2S. The number of hydrogen-bond acceptors (Lipinski definition) is 7. The molecule has 0 N–H and O–H groups in total. The zero-order valence-electron chi connectivity index (χ0n) is 18.3. The van der Waals surface area contributed by atoms with E-state index in [4.69, 9.17) is 9.82 Å². The van der Waals surface area contributed by atoms with Crippen LogP contribution in [0.1, 0.15) is 28.5 Å². The fraction of sp³-hybridized carbons (Fsp3) is 0.364. The van der Waals surface area contributed by atoms with Gasteiger partial charge in [-0.15, -0.1) is 5.10 Å². The molecule has 1 atom stereocenters. The van der Waals surface area contributed by atoms with Gasteiger partial charge in [-0.3, -0.25) is 0 Å². The van der Waals surface area contributed by atoms with Gasteiger partial charge in [-0.2, -0.15) is 5.10 Å². The molecule has 2 amide bonds. The molecule has 5 heterocycles. The molecule has 176 valence electrons. The van der Waals surface area contributed by atoms with Gasteiger partial charge < -0.3 is 14.6 Å². The highest BCUT2D eigenvalue weighted by atomic mass is 32.1. The Labute approximate surface area is 197 Å². The summed E-state index contributed by atoms with van der Waals surface area (Å²) in [7, 11) is 0. The second kappa shape index (κ2) is 8.05. The molecule has 0 radical (unpaired) electrons. The largest absolute Gasteiger partial charge is 0.390 e. The van der Waals surface area contributed by atoms with Crippen molar-refractivity contribution in [3.05, 3.63) is 52.0 Å². The van der Waals surface area contributed by atoms with Crippen LogP contribution in [-0.2, 0) is 6.61 Å². The van der Waals surface area contributed by atoms with Crippen molar-refractivity contribution >= 4 is 28.7 Å². The highest BCUT2D eigenvalue weighted by Crippen LogP contribution is 2.37. The van der Waals surface area contributed by atoms with E-state index in [2.05, 4.69) is 15.1 Å². The number of piperazine rings is 1. The van der Waals surface area contributed by atoms with Gasteiger partial charge in [-0.25, -0.2) is 23.6 Å². The third-order valence-electron chi connectivity index (χ3n) is 6.27. The van der Waals surface area contributed by atoms with E-state index in [1.807, 2.05) is 6.92 Å². The molecule has 0 bridgehead atoms. The lowest BCUT2D eigenvalue weighted by Crippen LogP contribution is -2.52. The standard InChI is InChI=1S/C22H21F2N7O2S/c1-13-11-26-31-20(13)19-18(12-33-31)34-21(27-19)28-4-6-29(7-5-28)22(32)30-17(2-3-25-30)14-8-15(23)10-16(24)9-14/h3,8-11,17H,2,4-7,12H2,1H3. The SMILES string of the molecule is Cc1cnn2c1-c1nc(N3CCN(C(=O)N4N=CCC4c4cc(F)cc(F)c4)CC3)sc1CO2. The summed E-state index contributed by atoms with van der Waals surface area (Å²) in [6.07, 6.45) is 3.79. The Morgan fingerprint density at radius 3 is 2.68 bits per heavy atom. The summed E-state index contributed by atoms with van der Waals surface area (Å²) in [5, 5.41) is 10.6. The molecule has 3 aliphatic rings. The summed E-state index contributed by atoms with van der Waals surface area (Å²) in [6.45, 7) is 4.63. The second-order valence-electron chi connectivity index (χ2n) is 8.44. The maximum absolute atomic E-state index is 13.7. The number of carbonyl (C=O) groups excluding carboxylic acids is 1. The van der Waals surface area contributed by atoms with Gasteiger partial charge in [-0.05, 0) is 24.6 Å². The minimum atomic E-state index is -0.669. The molecular weight excluding hydrogens is 464 g/mol. The molecule has 6 rings (SSSR count). The Morgan fingerprint density at radius 1 is 1.15 bits per heavy atom. The second-order valence-corrected chi connectivity index (χ2v) is 9.51. The van der Waals surface area contributed by atoms with Crippen LogP contribution in [0.25, 0.3) is 11.4 Å². The van der Waals surface area contributed by atoms with E-state index in [0.717, 1.165) is 33.0 Å². The zero-order valence-corrected chi connectivity index (χ0v) is 19.1. The van der Waals surface area contributed by atoms with Crippen molar-refractivity contribution in [2.24, 2.45) is 5.10 Å². The first-order valence-corrected chi connectivity index (χ1v) is 11.8. The Hall–Kier alpha value is -3.54. The van der Waals surface area contributed by atoms with E-state index in [1.54, 1.807) is 28.6 Å². The quantitative estimate of drug-likeness (QED) is 0.557. The lowest BCUT2D eigenvalue weighted by Gasteiger charge is -2.37. The Kier molecular flexibility index (Phi) is 4.97. The average Bonchev–Trinajstić information content (AvgIpc) is 3.56. The smallest absolute Gasteiger partial charge is 0.341 e. The molecule has 1 aromatic carbocycles. The molecule has 0 saturated carbocycles. The van der Waals surface area contributed by atoms with E-state index in [0.29, 0.717) is 44.8 Å². The Morgan fingerprint density at radius 2 is 1.91 bits per heavy atom. The fourth-order valence-electron chi connectivity index (χ4n) is 4.54. The number of rotatable bonds is 2. The van der Waals surface area contributed by atoms with Crippen molar-refractivity contribution < 1.29 is 18.4 Å². The first-order valence-electron chi connectivity index (χ1n) is 11.0. The number of nitrogens with zero attached hydrogens (tertiary/aromatic N) is 7. The van der Waals surface area contributed by atoms with Gasteiger partial charge in [0.15, 0.2) is 11.7 Å². The molecule has 34 heavy (non-hydrogen) atoms. The fourth-order valence-corrected chi connectivity index (χ4v) is 5.56. The summed E-state index contributed by atoms with van der Waals surface area (Å²) < 4.78 is 27.4. The van der Waals surface area contributed by atoms with Gasteiger partial charge in [0, 0.05) is 50.4 Å². The first-order chi connectivity index (χ1) is 16.5. The number of thiazole rings is 1. The molecule has 2 aromatic heterocycles. The number of benzene rings is 1. The molecule has 1 saturated heterocycles. The van der Waals surface area contributed by atoms with E-state index >= 15 is 0 Å². The maximum Gasteiger partial charge on any atom is 0.341 e. The number of anilines is 1. The molecule has 3 aromatic rings. The number of carbonyl (C=O) groups is 1. The van der Waals surface area contributed by atoms with E-state index in [1.165, 1.54) is 22.0 Å². The van der Waals surface area contributed by atoms with Crippen molar-refractivity contribution in [2.45, 2.75) is 26.0 Å². The van der Waals surface area contributed by atoms with Gasteiger partial charge in [0.05, 0.1) is 17.1 Å². The number of urea groups is 1. The van der Waals surface area contributed by atoms with Crippen LogP contribution in [0.15, 0.2) is 29.5 Å². The molecule has 0 spiro atoms. The topological polar surface area (TPSA) is 79.1 Å². The monoisotopic (exact) mass is 485 g/mol. The van der Waals surface area contributed by atoms with Crippen LogP contribution in [0, 0.1) is 18.6 Å². The van der Waals surface area contributed by atoms with Crippen molar-refractivity contribution in [3.63, 3.8) is 0 Å². The Balaban J connectivity index is 1.15. The van der Waals surface area contributed by atoms with Crippen LogP contribution < -0.4 is 9.74 Å². The number of fused-ring (bicyclic) bond motifs is 3. The third kappa shape index (κ3) is 3.49. The van der Waals surface area contributed by atoms with Gasteiger partial charge in [0.1, 0.15) is 23.0 Å². The molecule has 12 heteroatoms. The van der Waals surface area contributed by atoms with Crippen LogP contribution in [0.2, 0.25) is 0 Å². The molecule has 9 nitrogen and oxygen atoms in total. The average molecular weight is 486 g/mol. The van der Waals surface area contributed by atoms with Gasteiger partial charge in [0.2, 0.25) is 0 Å². The Bertz CT molecular complexity index is 1280. The van der Waals surface area contributed by atoms with E-state index in [9.17, 15) is 13.6 Å². The molecule has 0 aliphatic carbocycles. The van der Waals surface area contributed by atoms with Crippen LogP contribution >= 0.6 is 11.3 Å². The summed E-state index contributed by atoms with van der Waals surface area (Å²) in [4.78, 5) is 30.2. The van der Waals surface area contributed by atoms with Gasteiger partial charge >= 0.3 is 6.03 Å². The van der Waals surface area contributed by atoms with Crippen molar-refractivity contribution in [3.8, 4) is 11.4 Å². The van der Waals surface area contributed by atoms with E-state index < -0.39 is 17.7 Å². The number of halogens is 2. The summed E-state index contributed by atoms with van der Waals surface area (Å²) in [5.41, 5.74) is 3.18. The van der Waals surface area contributed by atoms with Crippen molar-refractivity contribution in [1.82, 2.24) is 24.8 Å². The summed E-state index contributed by atoms with van der Waals surface area (Å²) in [6, 6.07) is 2.54. The minimum absolute atomic E-state index is 0.269. The van der Waals surface area contributed by atoms with Crippen LogP contribution in [-0.4, -0.2) is 63.3 Å². The van der Waals surface area contributed by atoms with Crippen molar-refractivity contribution in [1.29, 1.82) is 0 Å². The van der Waals surface area contributed by atoms with Gasteiger partial charge in [0.25, 0.3) is 0 Å². The summed E-state index contributed by atoms with van der Waals surface area (Å²) >= 11 is 1.59. The molecule has 3 aliphatic heterocycles. The minimum Gasteiger partial charge on any atom is -0.390 e. The highest BCUT2D eigenvalue weighted by molar-refractivity contribution is 7.16. The number of aryl methyl sites for hydroxylation is 1. The maximum atomic E-state index is 13.7. The van der Waals surface area contributed by atoms with E-state index in [-0.39, 0.29) is 6.03 Å². The van der Waals surface area contributed by atoms with Crippen LogP contribution in [0.3, 0.4) is 0 Å². The van der Waals surface area contributed by atoms with Crippen LogP contribution in [0.4, 0.5) is 18.7 Å². The third-order valence-corrected chi connectivity index (χ3v) is 7.36. The number of hydrogen-bond donors (Lipinski definition) is 0. The van der Waals surface area contributed by atoms with Gasteiger partial charge in [-0.1, -0.05) is 16.2 Å². The van der Waals surface area contributed by atoms with Crippen molar-refractivity contribution in [2.75, 3.05) is 31.1 Å². The highest BCUT2D eigenvalue weighted by Gasteiger charge is 2.34. The number of aromatic nitrogens is 3. The number of hydrazone groups is 1. The number of amides is 2. The first kappa shape index (κ1) is 21.0. The predicted octanol–water partition coefficient (Wildman–Crippen LogP) is 3.21. The summed E-state index contributed by atoms with van der Waals surface area (Å²) in [5.74, 6) is -1.34. The predicted molar refractivity (Wildman–Crippen MR) is 122 cm³/mol. The zero-order chi connectivity index (χ0) is 23.4. The molecule has 1 fully saturated rings. The normalized spacial score (nSPS) is 19.3. The molecule has 1 unspecified atom stereocenters. The lowest BCUT2D eigenvalue weighted by molar-refractivity contribution is 0.0693. The van der Waals surface area contributed by atoms with Crippen LogP contribution in [0.5, 0.6) is 0 Å².